The van der Waals surface area contributed by atoms with Gasteiger partial charge in [-0.15, -0.1) is 58.3 Å². The number of para-hydroxylation sites is 1. The van der Waals surface area contributed by atoms with E-state index in [9.17, 15) is 0 Å². The quantitative estimate of drug-likeness (QED) is 0.165. The van der Waals surface area contributed by atoms with Crippen LogP contribution in [0.3, 0.4) is 0 Å². The van der Waals surface area contributed by atoms with Gasteiger partial charge in [-0.2, -0.15) is 12.7 Å². The number of pyridine rings is 1. The number of rotatable bonds is 4. The van der Waals surface area contributed by atoms with E-state index < -0.39 is 0 Å². The third kappa shape index (κ3) is 5.68. The second kappa shape index (κ2) is 12.5. The summed E-state index contributed by atoms with van der Waals surface area (Å²) in [7, 11) is 2.11. The largest absolute Gasteiger partial charge is 0.509 e. The second-order valence-electron chi connectivity index (χ2n) is 15.6. The molecule has 8 aromatic rings. The van der Waals surface area contributed by atoms with Crippen molar-refractivity contribution >= 4 is 70.4 Å². The number of benzene rings is 5. The summed E-state index contributed by atoms with van der Waals surface area (Å²) >= 11 is 1.84. The summed E-state index contributed by atoms with van der Waals surface area (Å²) in [5, 5.41) is 4.79. The van der Waals surface area contributed by atoms with E-state index >= 15 is 0 Å². The fourth-order valence-electron chi connectivity index (χ4n) is 7.24. The predicted octanol–water partition coefficient (Wildman–Crippen LogP) is 12.2. The van der Waals surface area contributed by atoms with Gasteiger partial charge in [0, 0.05) is 75.8 Å². The molecule has 9 rings (SSSR count). The minimum Gasteiger partial charge on any atom is -0.509 e. The molecule has 0 unspecified atom stereocenters. The van der Waals surface area contributed by atoms with Crippen LogP contribution in [0.1, 0.15) is 52.7 Å². The summed E-state index contributed by atoms with van der Waals surface area (Å²) < 4.78 is 11.5. The zero-order chi connectivity index (χ0) is 35.2. The fraction of sp³-hybridized carbons (Fsp3) is 0.200. The van der Waals surface area contributed by atoms with Crippen molar-refractivity contribution in [2.75, 3.05) is 16.8 Å². The van der Waals surface area contributed by atoms with Gasteiger partial charge in [0.15, 0.2) is 0 Å². The maximum Gasteiger partial charge on any atom is 0.135 e. The van der Waals surface area contributed by atoms with Gasteiger partial charge in [-0.3, -0.25) is 0 Å². The van der Waals surface area contributed by atoms with E-state index in [0.717, 1.165) is 38.9 Å². The third-order valence-electron chi connectivity index (χ3n) is 9.98. The van der Waals surface area contributed by atoms with Crippen LogP contribution in [-0.2, 0) is 31.9 Å². The summed E-state index contributed by atoms with van der Waals surface area (Å²) in [5.41, 5.74) is 7.54. The van der Waals surface area contributed by atoms with E-state index in [0.29, 0.717) is 11.5 Å². The van der Waals surface area contributed by atoms with Crippen molar-refractivity contribution in [3.8, 4) is 17.3 Å². The first kappa shape index (κ1) is 34.4. The second-order valence-corrected chi connectivity index (χ2v) is 16.6. The molecule has 0 fully saturated rings. The standard InChI is InChI=1S/C45H39N4OS.Pt/c1-44(2,3)28-20-21-46-41(24-28)49-36-14-10-8-12-33(36)34-17-16-31(26-38(34)49)50-32-23-29(45(4,5)6)22-30(25-32)48-27-47(7)37-18-19-40-42(43(37)48)35-13-9-11-15-39(35)51-40;/h8-24,27H,1-7H3;/q-3;. The summed E-state index contributed by atoms with van der Waals surface area (Å²) in [5.74, 6) is 2.14. The van der Waals surface area contributed by atoms with Gasteiger partial charge in [-0.25, -0.2) is 4.98 Å². The molecule has 0 aliphatic carbocycles. The van der Waals surface area contributed by atoms with Crippen LogP contribution < -0.4 is 14.5 Å². The summed E-state index contributed by atoms with van der Waals surface area (Å²) in [6, 6.07) is 41.8. The van der Waals surface area contributed by atoms with Crippen LogP contribution in [0.2, 0.25) is 0 Å². The van der Waals surface area contributed by atoms with E-state index in [1.54, 1.807) is 0 Å². The van der Waals surface area contributed by atoms with Crippen LogP contribution in [-0.4, -0.2) is 16.6 Å². The molecule has 5 nitrogen and oxygen atoms in total. The van der Waals surface area contributed by atoms with Crippen LogP contribution in [0.25, 0.3) is 47.8 Å². The zero-order valence-electron chi connectivity index (χ0n) is 30.3. The first-order valence-electron chi connectivity index (χ1n) is 17.4. The zero-order valence-corrected chi connectivity index (χ0v) is 33.4. The molecular formula is C45H39N4OPtS-3. The van der Waals surface area contributed by atoms with Crippen LogP contribution in [0.4, 0.5) is 17.1 Å². The molecule has 5 aromatic carbocycles. The molecule has 0 bridgehead atoms. The Labute approximate surface area is 323 Å². The number of hydrogen-bond donors (Lipinski definition) is 0. The summed E-state index contributed by atoms with van der Waals surface area (Å²) in [4.78, 5) is 9.32. The van der Waals surface area contributed by atoms with Gasteiger partial charge < -0.3 is 19.1 Å². The number of anilines is 3. The van der Waals surface area contributed by atoms with Crippen molar-refractivity contribution in [1.29, 1.82) is 0 Å². The normalized spacial score (nSPS) is 13.4. The molecule has 52 heavy (non-hydrogen) atoms. The van der Waals surface area contributed by atoms with Crippen molar-refractivity contribution in [3.63, 3.8) is 0 Å². The van der Waals surface area contributed by atoms with Gasteiger partial charge in [0.25, 0.3) is 0 Å². The molecule has 0 saturated heterocycles. The van der Waals surface area contributed by atoms with Gasteiger partial charge in [0.1, 0.15) is 5.82 Å². The predicted molar refractivity (Wildman–Crippen MR) is 214 cm³/mol. The number of hydrogen-bond acceptors (Lipinski definition) is 5. The Morgan fingerprint density at radius 1 is 0.712 bits per heavy atom. The monoisotopic (exact) mass is 878 g/mol. The van der Waals surface area contributed by atoms with Crippen molar-refractivity contribution in [1.82, 2.24) is 9.55 Å². The SMILES string of the molecule is CN1[CH-]N(c2[c-]c(Oc3[c-]c4c(cc3)c3ccccc3n4-c3cc(C(C)(C)C)ccn3)cc(C(C)(C)C)c2)c2c1ccc1sc3ccccc3c21.[Pt]. The van der Waals surface area contributed by atoms with Crippen molar-refractivity contribution in [3.05, 3.63) is 133 Å². The number of fused-ring (bicyclic) bond motifs is 8. The Morgan fingerprint density at radius 2 is 1.46 bits per heavy atom. The van der Waals surface area contributed by atoms with Crippen LogP contribution in [0, 0.1) is 18.8 Å². The average Bonchev–Trinajstić information content (AvgIpc) is 3.76. The fourth-order valence-corrected chi connectivity index (χ4v) is 8.34. The molecule has 0 amide bonds. The molecule has 4 heterocycles. The molecule has 3 aromatic heterocycles. The van der Waals surface area contributed by atoms with E-state index in [1.165, 1.54) is 37.1 Å². The van der Waals surface area contributed by atoms with E-state index in [2.05, 4.69) is 173 Å². The molecule has 1 aliphatic rings. The van der Waals surface area contributed by atoms with Crippen LogP contribution in [0.5, 0.6) is 11.5 Å². The molecule has 1 aliphatic heterocycles. The first-order chi connectivity index (χ1) is 24.4. The van der Waals surface area contributed by atoms with Crippen molar-refractivity contribution < 1.29 is 25.8 Å². The Bertz CT molecular complexity index is 2660. The van der Waals surface area contributed by atoms with Gasteiger partial charge in [0.2, 0.25) is 0 Å². The molecule has 0 N–H and O–H groups in total. The maximum atomic E-state index is 6.75. The summed E-state index contributed by atoms with van der Waals surface area (Å²) in [6.07, 6.45) is 1.91. The van der Waals surface area contributed by atoms with Gasteiger partial charge >= 0.3 is 0 Å². The Hall–Kier alpha value is -4.64. The number of thiophene rings is 1. The number of ether oxygens (including phenoxy) is 1. The molecule has 0 saturated carbocycles. The minimum atomic E-state index is -0.124. The van der Waals surface area contributed by atoms with E-state index in [1.807, 2.05) is 23.6 Å². The molecule has 0 radical (unpaired) electrons. The third-order valence-corrected chi connectivity index (χ3v) is 11.1. The van der Waals surface area contributed by atoms with Crippen LogP contribution >= 0.6 is 11.3 Å². The van der Waals surface area contributed by atoms with Crippen molar-refractivity contribution in [2.24, 2.45) is 0 Å². The van der Waals surface area contributed by atoms with Crippen LogP contribution in [0.15, 0.2) is 103 Å². The number of aromatic nitrogens is 2. The van der Waals surface area contributed by atoms with E-state index in [4.69, 9.17) is 9.72 Å². The Morgan fingerprint density at radius 3 is 2.25 bits per heavy atom. The molecule has 264 valence electrons. The number of nitrogens with zero attached hydrogens (tertiary/aromatic N) is 4. The Balaban J connectivity index is 0.00000387. The smallest absolute Gasteiger partial charge is 0.135 e. The Kier molecular flexibility index (Phi) is 8.28. The molecular weight excluding hydrogens is 840 g/mol. The minimum absolute atomic E-state index is 0. The van der Waals surface area contributed by atoms with Gasteiger partial charge in [-0.05, 0) is 65.2 Å². The van der Waals surface area contributed by atoms with E-state index in [-0.39, 0.29) is 31.9 Å². The van der Waals surface area contributed by atoms with Gasteiger partial charge in [0.05, 0.1) is 0 Å². The maximum absolute atomic E-state index is 6.75. The molecule has 0 spiro atoms. The molecule has 0 atom stereocenters. The van der Waals surface area contributed by atoms with Crippen molar-refractivity contribution in [2.45, 2.75) is 52.4 Å². The first-order valence-corrected chi connectivity index (χ1v) is 18.3. The molecule has 7 heteroatoms. The summed E-state index contributed by atoms with van der Waals surface area (Å²) in [6.45, 7) is 15.6. The average molecular weight is 879 g/mol. The topological polar surface area (TPSA) is 33.5 Å². The van der Waals surface area contributed by atoms with Gasteiger partial charge in [-0.1, -0.05) is 83.5 Å².